The summed E-state index contributed by atoms with van der Waals surface area (Å²) in [6.07, 6.45) is 2.14. The number of hydrogen-bond acceptors (Lipinski definition) is 5. The number of benzene rings is 1. The van der Waals surface area contributed by atoms with Crippen molar-refractivity contribution in [2.75, 3.05) is 11.9 Å². The zero-order chi connectivity index (χ0) is 15.8. The first kappa shape index (κ1) is 16.5. The molecular formula is C13H13ClN4O3. The van der Waals surface area contributed by atoms with Crippen molar-refractivity contribution in [3.8, 4) is 6.07 Å². The van der Waals surface area contributed by atoms with Gasteiger partial charge in [-0.15, -0.1) is 0 Å². The monoisotopic (exact) mass is 308 g/mol. The van der Waals surface area contributed by atoms with Crippen LogP contribution >= 0.6 is 11.6 Å². The summed E-state index contributed by atoms with van der Waals surface area (Å²) in [7, 11) is 0. The minimum absolute atomic E-state index is 0.0764. The minimum Gasteiger partial charge on any atom is -0.390 e. The molecule has 0 saturated carbocycles. The third-order valence-corrected chi connectivity index (χ3v) is 2.74. The molecule has 0 aromatic heterocycles. The fraction of sp³-hybridized carbons (Fsp3) is 0.231. The van der Waals surface area contributed by atoms with Crippen LogP contribution in [0.15, 0.2) is 30.0 Å². The molecule has 0 fully saturated rings. The molecule has 0 bridgehead atoms. The highest BCUT2D eigenvalue weighted by molar-refractivity contribution is 6.34. The van der Waals surface area contributed by atoms with Gasteiger partial charge < -0.3 is 10.6 Å². The van der Waals surface area contributed by atoms with Crippen LogP contribution in [0.3, 0.4) is 0 Å². The predicted octanol–water partition coefficient (Wildman–Crippen LogP) is 2.59. The Balaban J connectivity index is 2.92. The largest absolute Gasteiger partial charge is 0.390 e. The summed E-state index contributed by atoms with van der Waals surface area (Å²) >= 11 is 5.86. The summed E-state index contributed by atoms with van der Waals surface area (Å²) in [6.45, 7) is 2.56. The summed E-state index contributed by atoms with van der Waals surface area (Å²) in [5, 5.41) is 25.0. The Morgan fingerprint density at radius 1 is 1.57 bits per heavy atom. The van der Waals surface area contributed by atoms with Crippen molar-refractivity contribution in [3.05, 3.63) is 45.1 Å². The summed E-state index contributed by atoms with van der Waals surface area (Å²) in [5.74, 6) is -0.691. The molecule has 8 heteroatoms. The van der Waals surface area contributed by atoms with E-state index in [-0.39, 0.29) is 22.0 Å². The number of amides is 1. The van der Waals surface area contributed by atoms with E-state index in [9.17, 15) is 14.9 Å². The van der Waals surface area contributed by atoms with Crippen LogP contribution in [0.5, 0.6) is 0 Å². The number of halogens is 1. The first-order chi connectivity index (χ1) is 9.99. The van der Waals surface area contributed by atoms with Gasteiger partial charge in [0, 0.05) is 24.9 Å². The van der Waals surface area contributed by atoms with Gasteiger partial charge in [-0.1, -0.05) is 18.5 Å². The van der Waals surface area contributed by atoms with Crippen molar-refractivity contribution < 1.29 is 9.72 Å². The van der Waals surface area contributed by atoms with Crippen LogP contribution in [0, 0.1) is 21.4 Å². The number of nitriles is 1. The summed E-state index contributed by atoms with van der Waals surface area (Å²) < 4.78 is 0. The number of carbonyl (C=O) groups excluding carboxylic acids is 1. The van der Waals surface area contributed by atoms with Gasteiger partial charge in [0.1, 0.15) is 11.6 Å². The summed E-state index contributed by atoms with van der Waals surface area (Å²) in [6, 6.07) is 5.41. The number of nitro groups is 1. The maximum absolute atomic E-state index is 11.9. The fourth-order valence-electron chi connectivity index (χ4n) is 1.38. The number of anilines is 1. The molecule has 0 aliphatic heterocycles. The van der Waals surface area contributed by atoms with E-state index in [0.717, 1.165) is 12.5 Å². The zero-order valence-corrected chi connectivity index (χ0v) is 12.0. The van der Waals surface area contributed by atoms with E-state index >= 15 is 0 Å². The molecule has 1 aromatic rings. The molecule has 0 aliphatic rings. The van der Waals surface area contributed by atoms with Gasteiger partial charge in [0.05, 0.1) is 15.6 Å². The number of rotatable bonds is 6. The number of nitro benzene ring substituents is 1. The van der Waals surface area contributed by atoms with Crippen LogP contribution in [0.4, 0.5) is 11.4 Å². The lowest BCUT2D eigenvalue weighted by Crippen LogP contribution is -2.17. The molecular weight excluding hydrogens is 296 g/mol. The second-order valence-electron chi connectivity index (χ2n) is 4.00. The van der Waals surface area contributed by atoms with Crippen molar-refractivity contribution in [3.63, 3.8) is 0 Å². The SMILES string of the molecule is CCCN/C=C(/C#N)C(=O)Nc1cc([N+](=O)[O-])ccc1Cl. The quantitative estimate of drug-likeness (QED) is 0.276. The topological polar surface area (TPSA) is 108 Å². The van der Waals surface area contributed by atoms with Gasteiger partial charge >= 0.3 is 0 Å². The lowest BCUT2D eigenvalue weighted by molar-refractivity contribution is -0.384. The Morgan fingerprint density at radius 2 is 2.29 bits per heavy atom. The Morgan fingerprint density at radius 3 is 2.86 bits per heavy atom. The molecule has 2 N–H and O–H groups in total. The van der Waals surface area contributed by atoms with E-state index in [1.54, 1.807) is 6.07 Å². The number of carbonyl (C=O) groups is 1. The van der Waals surface area contributed by atoms with Gasteiger partial charge in [-0.3, -0.25) is 14.9 Å². The highest BCUT2D eigenvalue weighted by Crippen LogP contribution is 2.26. The zero-order valence-electron chi connectivity index (χ0n) is 11.2. The highest BCUT2D eigenvalue weighted by Gasteiger charge is 2.14. The first-order valence-electron chi connectivity index (χ1n) is 6.08. The Bertz CT molecular complexity index is 622. The van der Waals surface area contributed by atoms with Crippen molar-refractivity contribution in [2.24, 2.45) is 0 Å². The molecule has 1 amide bonds. The van der Waals surface area contributed by atoms with E-state index in [1.165, 1.54) is 18.3 Å². The van der Waals surface area contributed by atoms with Crippen molar-refractivity contribution in [2.45, 2.75) is 13.3 Å². The van der Waals surface area contributed by atoms with Crippen LogP contribution in [-0.2, 0) is 4.79 Å². The third kappa shape index (κ3) is 4.78. The number of nitrogens with one attached hydrogen (secondary N) is 2. The molecule has 0 radical (unpaired) electrons. The van der Waals surface area contributed by atoms with Crippen molar-refractivity contribution in [1.82, 2.24) is 5.32 Å². The first-order valence-corrected chi connectivity index (χ1v) is 6.46. The number of non-ortho nitro benzene ring substituents is 1. The second kappa shape index (κ2) is 7.87. The van der Waals surface area contributed by atoms with Crippen LogP contribution in [0.1, 0.15) is 13.3 Å². The molecule has 110 valence electrons. The van der Waals surface area contributed by atoms with Gasteiger partial charge in [-0.25, -0.2) is 0 Å². The van der Waals surface area contributed by atoms with Crippen LogP contribution < -0.4 is 10.6 Å². The molecule has 0 unspecified atom stereocenters. The maximum Gasteiger partial charge on any atom is 0.271 e. The molecule has 0 spiro atoms. The van der Waals surface area contributed by atoms with Gasteiger partial charge in [-0.2, -0.15) is 5.26 Å². The average molecular weight is 309 g/mol. The average Bonchev–Trinajstić information content (AvgIpc) is 2.45. The molecule has 0 atom stereocenters. The smallest absolute Gasteiger partial charge is 0.271 e. The lowest BCUT2D eigenvalue weighted by Gasteiger charge is -2.06. The number of nitrogens with zero attached hydrogens (tertiary/aromatic N) is 2. The van der Waals surface area contributed by atoms with Crippen LogP contribution in [0.2, 0.25) is 5.02 Å². The summed E-state index contributed by atoms with van der Waals surface area (Å²) in [5.41, 5.74) is -0.278. The van der Waals surface area contributed by atoms with Gasteiger partial charge in [0.2, 0.25) is 0 Å². The van der Waals surface area contributed by atoms with E-state index in [4.69, 9.17) is 16.9 Å². The Kier molecular flexibility index (Phi) is 6.17. The fourth-order valence-corrected chi connectivity index (χ4v) is 1.54. The third-order valence-electron chi connectivity index (χ3n) is 2.41. The van der Waals surface area contributed by atoms with Crippen molar-refractivity contribution >= 4 is 28.9 Å². The number of hydrogen-bond donors (Lipinski definition) is 2. The van der Waals surface area contributed by atoms with E-state index < -0.39 is 10.8 Å². The molecule has 1 rings (SSSR count). The van der Waals surface area contributed by atoms with Gasteiger partial charge in [0.15, 0.2) is 0 Å². The highest BCUT2D eigenvalue weighted by atomic mass is 35.5. The molecule has 0 saturated heterocycles. The Labute approximate surface area is 126 Å². The van der Waals surface area contributed by atoms with E-state index in [2.05, 4.69) is 10.6 Å². The molecule has 0 aliphatic carbocycles. The van der Waals surface area contributed by atoms with Gasteiger partial charge in [0.25, 0.3) is 11.6 Å². The molecule has 1 aromatic carbocycles. The summed E-state index contributed by atoms with van der Waals surface area (Å²) in [4.78, 5) is 22.0. The van der Waals surface area contributed by atoms with Crippen LogP contribution in [0.25, 0.3) is 0 Å². The predicted molar refractivity (Wildman–Crippen MR) is 78.7 cm³/mol. The van der Waals surface area contributed by atoms with E-state index in [1.807, 2.05) is 6.92 Å². The molecule has 0 heterocycles. The minimum atomic E-state index is -0.691. The molecule has 21 heavy (non-hydrogen) atoms. The van der Waals surface area contributed by atoms with Crippen LogP contribution in [-0.4, -0.2) is 17.4 Å². The van der Waals surface area contributed by atoms with Crippen molar-refractivity contribution in [1.29, 1.82) is 5.26 Å². The maximum atomic E-state index is 11.9. The van der Waals surface area contributed by atoms with E-state index in [0.29, 0.717) is 6.54 Å². The standard InChI is InChI=1S/C13H13ClN4O3/c1-2-5-16-8-9(7-15)13(19)17-12-6-10(18(20)21)3-4-11(12)14/h3-4,6,8,16H,2,5H2,1H3,(H,17,19)/b9-8-. The molecule has 7 nitrogen and oxygen atoms in total. The Hall–Kier alpha value is -2.59. The normalized spacial score (nSPS) is 10.6. The van der Waals surface area contributed by atoms with Gasteiger partial charge in [-0.05, 0) is 12.5 Å². The second-order valence-corrected chi connectivity index (χ2v) is 4.41. The lowest BCUT2D eigenvalue weighted by atomic mass is 10.2.